The zero-order valence-electron chi connectivity index (χ0n) is 12.4. The van der Waals surface area contributed by atoms with E-state index in [1.807, 2.05) is 36.4 Å². The van der Waals surface area contributed by atoms with E-state index < -0.39 is 0 Å². The molecule has 5 rings (SSSR count). The van der Waals surface area contributed by atoms with E-state index in [1.165, 1.54) is 5.56 Å². The van der Waals surface area contributed by atoms with Crippen LogP contribution in [-0.4, -0.2) is 19.9 Å². The lowest BCUT2D eigenvalue weighted by atomic mass is 10.2. The fourth-order valence-electron chi connectivity index (χ4n) is 2.85. The normalized spacial score (nSPS) is 11.7. The van der Waals surface area contributed by atoms with Crippen LogP contribution in [0.4, 0.5) is 0 Å². The molecule has 0 aliphatic carbocycles. The number of aryl methyl sites for hydroxylation is 1. The number of hydrogen-bond acceptors (Lipinski definition) is 4. The topological polar surface area (TPSA) is 54.5 Å². The molecule has 0 spiro atoms. The zero-order valence-corrected chi connectivity index (χ0v) is 13.2. The molecule has 5 heteroatoms. The van der Waals surface area contributed by atoms with Crippen molar-refractivity contribution in [2.75, 3.05) is 0 Å². The van der Waals surface area contributed by atoms with E-state index in [0.29, 0.717) is 0 Å². The number of aromatic nitrogens is 4. The van der Waals surface area contributed by atoms with Gasteiger partial charge >= 0.3 is 0 Å². The lowest BCUT2D eigenvalue weighted by Crippen LogP contribution is -1.87. The maximum Gasteiger partial charge on any atom is 0.170 e. The smallest absolute Gasteiger partial charge is 0.170 e. The largest absolute Gasteiger partial charge is 0.352 e. The van der Waals surface area contributed by atoms with Gasteiger partial charge < -0.3 is 4.98 Å². The van der Waals surface area contributed by atoms with Gasteiger partial charge in [0, 0.05) is 0 Å². The van der Waals surface area contributed by atoms with Gasteiger partial charge in [0.05, 0.1) is 38.0 Å². The Hall–Kier alpha value is -2.79. The average molecular weight is 316 g/mol. The predicted octanol–water partition coefficient (Wildman–Crippen LogP) is 4.70. The molecule has 3 aromatic heterocycles. The summed E-state index contributed by atoms with van der Waals surface area (Å²) in [5.74, 6) is 0.798. The van der Waals surface area contributed by atoms with Crippen LogP contribution in [0, 0.1) is 6.92 Å². The first kappa shape index (κ1) is 12.7. The van der Waals surface area contributed by atoms with Crippen molar-refractivity contribution in [3.63, 3.8) is 0 Å². The van der Waals surface area contributed by atoms with Crippen molar-refractivity contribution in [1.82, 2.24) is 19.9 Å². The Labute approximate surface area is 135 Å². The third kappa shape index (κ3) is 1.94. The fraction of sp³-hybridized carbons (Fsp3) is 0.0556. The van der Waals surface area contributed by atoms with E-state index in [2.05, 4.69) is 23.4 Å². The first-order valence-corrected chi connectivity index (χ1v) is 8.27. The second-order valence-electron chi connectivity index (χ2n) is 5.59. The summed E-state index contributed by atoms with van der Waals surface area (Å²) in [6.45, 7) is 2.09. The van der Waals surface area contributed by atoms with E-state index in [4.69, 9.17) is 15.0 Å². The molecule has 3 heterocycles. The second kappa shape index (κ2) is 4.60. The third-order valence-electron chi connectivity index (χ3n) is 4.03. The lowest BCUT2D eigenvalue weighted by molar-refractivity contribution is 1.34. The number of imidazole rings is 1. The number of fused-ring (bicyclic) bond motifs is 3. The summed E-state index contributed by atoms with van der Waals surface area (Å²) in [5.41, 5.74) is 6.85. The van der Waals surface area contributed by atoms with E-state index in [-0.39, 0.29) is 0 Å². The molecular weight excluding hydrogens is 304 g/mol. The van der Waals surface area contributed by atoms with Gasteiger partial charge in [0.2, 0.25) is 0 Å². The highest BCUT2D eigenvalue weighted by molar-refractivity contribution is 7.13. The van der Waals surface area contributed by atoms with Crippen molar-refractivity contribution < 1.29 is 0 Å². The molecule has 0 saturated carbocycles. The number of aromatic amines is 1. The molecule has 0 amide bonds. The monoisotopic (exact) mass is 316 g/mol. The van der Waals surface area contributed by atoms with Gasteiger partial charge in [-0.15, -0.1) is 11.3 Å². The van der Waals surface area contributed by atoms with E-state index in [0.717, 1.165) is 43.8 Å². The lowest BCUT2D eigenvalue weighted by Gasteiger charge is -2.01. The summed E-state index contributed by atoms with van der Waals surface area (Å²) in [4.78, 5) is 18.7. The molecule has 0 saturated heterocycles. The highest BCUT2D eigenvalue weighted by Crippen LogP contribution is 2.29. The Balaban J connectivity index is 1.80. The molecule has 0 unspecified atom stereocenters. The van der Waals surface area contributed by atoms with Gasteiger partial charge in [-0.25, -0.2) is 15.0 Å². The molecule has 23 heavy (non-hydrogen) atoms. The van der Waals surface area contributed by atoms with Crippen LogP contribution in [0.25, 0.3) is 43.8 Å². The molecule has 0 radical (unpaired) electrons. The molecule has 0 aliphatic rings. The van der Waals surface area contributed by atoms with Crippen LogP contribution in [0.2, 0.25) is 0 Å². The van der Waals surface area contributed by atoms with Crippen molar-refractivity contribution in [1.29, 1.82) is 0 Å². The van der Waals surface area contributed by atoms with Crippen LogP contribution in [0.1, 0.15) is 5.56 Å². The molecule has 4 nitrogen and oxygen atoms in total. The van der Waals surface area contributed by atoms with Crippen LogP contribution in [0.5, 0.6) is 0 Å². The predicted molar refractivity (Wildman–Crippen MR) is 94.7 cm³/mol. The first-order chi connectivity index (χ1) is 11.3. The third-order valence-corrected chi connectivity index (χ3v) is 5.04. The summed E-state index contributed by atoms with van der Waals surface area (Å²) in [6.07, 6.45) is 0. The fourth-order valence-corrected chi connectivity index (χ4v) is 3.70. The molecule has 1 N–H and O–H groups in total. The SMILES string of the molecule is Cc1ccsc1-c1nc2cc3nc4ccccc4[nH]c3cc2n1. The molecular formula is C18H12N4S. The van der Waals surface area contributed by atoms with Crippen LogP contribution in [0.3, 0.4) is 0 Å². The summed E-state index contributed by atoms with van der Waals surface area (Å²) in [7, 11) is 0. The second-order valence-corrected chi connectivity index (χ2v) is 6.51. The Morgan fingerprint density at radius 2 is 1.65 bits per heavy atom. The average Bonchev–Trinajstić information content (AvgIpc) is 3.15. The summed E-state index contributed by atoms with van der Waals surface area (Å²) >= 11 is 1.68. The van der Waals surface area contributed by atoms with Gasteiger partial charge in [0.25, 0.3) is 0 Å². The van der Waals surface area contributed by atoms with Gasteiger partial charge in [-0.1, -0.05) is 12.1 Å². The van der Waals surface area contributed by atoms with Crippen LogP contribution in [0.15, 0.2) is 47.8 Å². The quantitative estimate of drug-likeness (QED) is 0.456. The number of rotatable bonds is 1. The molecule has 0 fully saturated rings. The zero-order chi connectivity index (χ0) is 15.4. The number of nitrogens with one attached hydrogen (secondary N) is 1. The Bertz CT molecular complexity index is 1110. The maximum absolute atomic E-state index is 4.72. The first-order valence-electron chi connectivity index (χ1n) is 7.39. The van der Waals surface area contributed by atoms with Crippen molar-refractivity contribution in [2.24, 2.45) is 0 Å². The minimum Gasteiger partial charge on any atom is -0.352 e. The van der Waals surface area contributed by atoms with E-state index in [9.17, 15) is 0 Å². The number of hydrogen-bond donors (Lipinski definition) is 1. The van der Waals surface area contributed by atoms with Crippen molar-refractivity contribution >= 4 is 44.4 Å². The van der Waals surface area contributed by atoms with Gasteiger partial charge in [-0.3, -0.25) is 0 Å². The highest BCUT2D eigenvalue weighted by Gasteiger charge is 2.12. The summed E-state index contributed by atoms with van der Waals surface area (Å²) < 4.78 is 0. The van der Waals surface area contributed by atoms with Crippen LogP contribution < -0.4 is 0 Å². The van der Waals surface area contributed by atoms with Crippen molar-refractivity contribution in [3.05, 3.63) is 53.4 Å². The number of benzene rings is 2. The summed E-state index contributed by atoms with van der Waals surface area (Å²) in [5, 5.41) is 2.07. The van der Waals surface area contributed by atoms with Gasteiger partial charge in [0.1, 0.15) is 0 Å². The molecule has 2 aromatic carbocycles. The molecule has 0 bridgehead atoms. The standard InChI is InChI=1S/C18H12N4S/c1-10-6-7-23-17(10)18-21-15-8-13-14(9-16(15)22-18)20-12-5-3-2-4-11(12)19-13/h2-9,19H,1H3. The Kier molecular flexibility index (Phi) is 2.55. The number of H-pyrrole nitrogens is 1. The molecule has 0 aliphatic heterocycles. The van der Waals surface area contributed by atoms with Crippen LogP contribution in [-0.2, 0) is 0 Å². The summed E-state index contributed by atoms with van der Waals surface area (Å²) in [6, 6.07) is 14.2. The molecule has 110 valence electrons. The molecule has 0 atom stereocenters. The number of para-hydroxylation sites is 2. The van der Waals surface area contributed by atoms with Crippen molar-refractivity contribution in [2.45, 2.75) is 6.92 Å². The van der Waals surface area contributed by atoms with E-state index in [1.54, 1.807) is 11.3 Å². The van der Waals surface area contributed by atoms with Crippen LogP contribution >= 0.6 is 11.3 Å². The van der Waals surface area contributed by atoms with Crippen molar-refractivity contribution in [3.8, 4) is 10.7 Å². The minimum atomic E-state index is 0.798. The van der Waals surface area contributed by atoms with E-state index >= 15 is 0 Å². The Morgan fingerprint density at radius 3 is 2.48 bits per heavy atom. The van der Waals surface area contributed by atoms with Gasteiger partial charge in [-0.2, -0.15) is 0 Å². The highest BCUT2D eigenvalue weighted by atomic mass is 32.1. The van der Waals surface area contributed by atoms with Gasteiger partial charge in [-0.05, 0) is 48.2 Å². The minimum absolute atomic E-state index is 0.798. The molecule has 5 aromatic rings. The number of thiophene rings is 1. The Morgan fingerprint density at radius 1 is 0.826 bits per heavy atom. The van der Waals surface area contributed by atoms with Gasteiger partial charge in [0.15, 0.2) is 5.82 Å². The maximum atomic E-state index is 4.72. The number of nitrogens with zero attached hydrogens (tertiary/aromatic N) is 3.